The van der Waals surface area contributed by atoms with Gasteiger partial charge in [-0.1, -0.05) is 39.5 Å². The molecule has 0 bridgehead atoms. The Morgan fingerprint density at radius 2 is 1.27 bits per heavy atom. The second-order valence-electron chi connectivity index (χ2n) is 5.47. The van der Waals surface area contributed by atoms with Gasteiger partial charge in [0.2, 0.25) is 0 Å². The second kappa shape index (κ2) is 16.7. The summed E-state index contributed by atoms with van der Waals surface area (Å²) < 4.78 is 21.5. The van der Waals surface area contributed by atoms with E-state index in [1.54, 1.807) is 0 Å². The Morgan fingerprint density at radius 1 is 0.773 bits per heavy atom. The van der Waals surface area contributed by atoms with Crippen LogP contribution < -0.4 is 5.32 Å². The zero-order valence-corrected chi connectivity index (χ0v) is 14.7. The summed E-state index contributed by atoms with van der Waals surface area (Å²) in [5.41, 5.74) is 0. The van der Waals surface area contributed by atoms with Crippen LogP contribution in [0.4, 0.5) is 0 Å². The molecule has 5 nitrogen and oxygen atoms in total. The minimum Gasteiger partial charge on any atom is -0.378 e. The SMILES string of the molecule is CC(C)C#CCOCCOCCOCCOCCNC(C)C.[HH]. The van der Waals surface area contributed by atoms with Crippen LogP contribution >= 0.6 is 0 Å². The molecule has 0 aromatic heterocycles. The van der Waals surface area contributed by atoms with Crippen molar-refractivity contribution < 1.29 is 20.4 Å². The summed E-state index contributed by atoms with van der Waals surface area (Å²) in [5.74, 6) is 6.40. The van der Waals surface area contributed by atoms with Crippen molar-refractivity contribution in [3.63, 3.8) is 0 Å². The van der Waals surface area contributed by atoms with Gasteiger partial charge in [-0.25, -0.2) is 0 Å². The largest absolute Gasteiger partial charge is 0.378 e. The van der Waals surface area contributed by atoms with Crippen molar-refractivity contribution in [1.29, 1.82) is 0 Å². The maximum atomic E-state index is 5.42. The predicted octanol–water partition coefficient (Wildman–Crippen LogP) is 1.96. The van der Waals surface area contributed by atoms with E-state index in [4.69, 9.17) is 18.9 Å². The standard InChI is InChI=1S/C17H33NO4.H2/c1-16(2)6-5-8-19-10-12-21-14-15-22-13-11-20-9-7-18-17(3)4;/h16-18H,7-15H2,1-4H3;1H. The second-order valence-corrected chi connectivity index (χ2v) is 5.47. The smallest absolute Gasteiger partial charge is 0.107 e. The van der Waals surface area contributed by atoms with Crippen molar-refractivity contribution in [1.82, 2.24) is 5.32 Å². The van der Waals surface area contributed by atoms with E-state index in [1.807, 2.05) is 0 Å². The first-order chi connectivity index (χ1) is 10.6. The fourth-order valence-corrected chi connectivity index (χ4v) is 1.45. The minimum absolute atomic E-state index is 0. The van der Waals surface area contributed by atoms with Crippen molar-refractivity contribution in [3.8, 4) is 11.8 Å². The zero-order chi connectivity index (χ0) is 16.5. The highest BCUT2D eigenvalue weighted by Gasteiger charge is 1.93. The van der Waals surface area contributed by atoms with Crippen LogP contribution in [-0.2, 0) is 18.9 Å². The van der Waals surface area contributed by atoms with E-state index in [1.165, 1.54) is 0 Å². The highest BCUT2D eigenvalue weighted by Crippen LogP contribution is 1.86. The molecule has 0 rings (SSSR count). The van der Waals surface area contributed by atoms with E-state index in [-0.39, 0.29) is 1.43 Å². The van der Waals surface area contributed by atoms with Gasteiger partial charge in [0.1, 0.15) is 6.61 Å². The van der Waals surface area contributed by atoms with Gasteiger partial charge in [0.05, 0.1) is 46.2 Å². The molecule has 0 saturated carbocycles. The van der Waals surface area contributed by atoms with E-state index in [0.717, 1.165) is 13.2 Å². The molecule has 0 heterocycles. The third kappa shape index (κ3) is 19.4. The van der Waals surface area contributed by atoms with Crippen molar-refractivity contribution in [3.05, 3.63) is 0 Å². The highest BCUT2D eigenvalue weighted by molar-refractivity contribution is 5.01. The molecule has 132 valence electrons. The van der Waals surface area contributed by atoms with Gasteiger partial charge >= 0.3 is 0 Å². The average molecular weight is 317 g/mol. The fraction of sp³-hybridized carbons (Fsp3) is 0.882. The number of hydrogen-bond donors (Lipinski definition) is 1. The number of rotatable bonds is 14. The van der Waals surface area contributed by atoms with Crippen LogP contribution in [0.5, 0.6) is 0 Å². The summed E-state index contributed by atoms with van der Waals surface area (Å²) in [4.78, 5) is 0. The molecular weight excluding hydrogens is 282 g/mol. The van der Waals surface area contributed by atoms with Crippen molar-refractivity contribution in [2.45, 2.75) is 33.7 Å². The van der Waals surface area contributed by atoms with E-state index in [0.29, 0.717) is 58.2 Å². The van der Waals surface area contributed by atoms with Crippen LogP contribution in [0.15, 0.2) is 0 Å². The van der Waals surface area contributed by atoms with Gasteiger partial charge in [0.15, 0.2) is 0 Å². The maximum Gasteiger partial charge on any atom is 0.107 e. The van der Waals surface area contributed by atoms with Gasteiger partial charge in [-0.05, 0) is 0 Å². The Kier molecular flexibility index (Phi) is 16.2. The lowest BCUT2D eigenvalue weighted by Gasteiger charge is -2.09. The number of ether oxygens (including phenoxy) is 4. The van der Waals surface area contributed by atoms with Crippen molar-refractivity contribution in [2.24, 2.45) is 5.92 Å². The molecule has 0 atom stereocenters. The van der Waals surface area contributed by atoms with Gasteiger partial charge in [0, 0.05) is 19.9 Å². The Balaban J connectivity index is 0. The molecule has 0 aromatic carbocycles. The molecule has 0 aromatic rings. The van der Waals surface area contributed by atoms with Crippen LogP contribution in [0, 0.1) is 17.8 Å². The molecule has 0 unspecified atom stereocenters. The van der Waals surface area contributed by atoms with Crippen molar-refractivity contribution >= 4 is 0 Å². The summed E-state index contributed by atoms with van der Waals surface area (Å²) in [6, 6.07) is 0.503. The molecule has 22 heavy (non-hydrogen) atoms. The van der Waals surface area contributed by atoms with Crippen molar-refractivity contribution in [2.75, 3.05) is 59.4 Å². The first-order valence-corrected chi connectivity index (χ1v) is 8.15. The quantitative estimate of drug-likeness (QED) is 0.392. The van der Waals surface area contributed by atoms with Crippen LogP contribution in [0.1, 0.15) is 29.1 Å². The molecule has 1 N–H and O–H groups in total. The van der Waals surface area contributed by atoms with Crippen LogP contribution in [0.25, 0.3) is 0 Å². The first kappa shape index (κ1) is 21.4. The molecular formula is C17H35NO4. The monoisotopic (exact) mass is 317 g/mol. The summed E-state index contributed by atoms with van der Waals surface area (Å²) in [6.45, 7) is 14.0. The molecule has 0 saturated heterocycles. The van der Waals surface area contributed by atoms with Gasteiger partial charge in [-0.3, -0.25) is 0 Å². The van der Waals surface area contributed by atoms with E-state index in [9.17, 15) is 0 Å². The summed E-state index contributed by atoms with van der Waals surface area (Å²) in [7, 11) is 0. The van der Waals surface area contributed by atoms with Gasteiger partial charge in [-0.2, -0.15) is 0 Å². The Bertz CT molecular complexity index is 290. The van der Waals surface area contributed by atoms with E-state index >= 15 is 0 Å². The number of nitrogens with one attached hydrogen (secondary N) is 1. The summed E-state index contributed by atoms with van der Waals surface area (Å²) >= 11 is 0. The van der Waals surface area contributed by atoms with Gasteiger partial charge in [0.25, 0.3) is 0 Å². The van der Waals surface area contributed by atoms with E-state index < -0.39 is 0 Å². The first-order valence-electron chi connectivity index (χ1n) is 8.15. The van der Waals surface area contributed by atoms with Crippen LogP contribution in [0.3, 0.4) is 0 Å². The van der Waals surface area contributed by atoms with Crippen LogP contribution in [-0.4, -0.2) is 65.4 Å². The van der Waals surface area contributed by atoms with E-state index in [2.05, 4.69) is 44.9 Å². The Hall–Kier alpha value is -0.640. The molecule has 0 fully saturated rings. The van der Waals surface area contributed by atoms with Gasteiger partial charge in [-0.15, -0.1) is 0 Å². The molecule has 0 spiro atoms. The summed E-state index contributed by atoms with van der Waals surface area (Å²) in [5, 5.41) is 3.29. The van der Waals surface area contributed by atoms with Crippen LogP contribution in [0.2, 0.25) is 0 Å². The Morgan fingerprint density at radius 3 is 1.77 bits per heavy atom. The molecule has 5 heteroatoms. The molecule has 0 aliphatic rings. The average Bonchev–Trinajstić information content (AvgIpc) is 2.46. The number of hydrogen-bond acceptors (Lipinski definition) is 5. The fourth-order valence-electron chi connectivity index (χ4n) is 1.45. The predicted molar refractivity (Wildman–Crippen MR) is 91.1 cm³/mol. The molecule has 0 radical (unpaired) electrons. The lowest BCUT2D eigenvalue weighted by Crippen LogP contribution is -2.27. The third-order valence-electron chi connectivity index (χ3n) is 2.48. The maximum absolute atomic E-state index is 5.42. The lowest BCUT2D eigenvalue weighted by atomic mass is 10.2. The lowest BCUT2D eigenvalue weighted by molar-refractivity contribution is 0.00159. The minimum atomic E-state index is 0. The molecule has 0 amide bonds. The normalized spacial score (nSPS) is 11.0. The summed E-state index contributed by atoms with van der Waals surface area (Å²) in [6.07, 6.45) is 0. The highest BCUT2D eigenvalue weighted by atomic mass is 16.6. The topological polar surface area (TPSA) is 49.0 Å². The Labute approximate surface area is 137 Å². The zero-order valence-electron chi connectivity index (χ0n) is 14.7. The molecule has 0 aliphatic heterocycles. The molecule has 0 aliphatic carbocycles. The third-order valence-corrected chi connectivity index (χ3v) is 2.48. The van der Waals surface area contributed by atoms with Gasteiger partial charge < -0.3 is 24.3 Å².